The van der Waals surface area contributed by atoms with Crippen molar-refractivity contribution >= 4 is 52.8 Å². The molecule has 8 nitrogen and oxygen atoms in total. The van der Waals surface area contributed by atoms with Crippen LogP contribution in [-0.4, -0.2) is 25.6 Å². The Labute approximate surface area is 190 Å². The smallest absolute Gasteiger partial charge is 0.339 e. The van der Waals surface area contributed by atoms with Gasteiger partial charge in [0.2, 0.25) is 0 Å². The molecule has 4 rings (SSSR count). The van der Waals surface area contributed by atoms with Crippen LogP contribution < -0.4 is 11.2 Å². The van der Waals surface area contributed by atoms with Crippen LogP contribution in [0.25, 0.3) is 28.2 Å². The van der Waals surface area contributed by atoms with Crippen LogP contribution in [0.3, 0.4) is 0 Å². The van der Waals surface area contributed by atoms with Gasteiger partial charge in [0.15, 0.2) is 11.2 Å². The van der Waals surface area contributed by atoms with Gasteiger partial charge in [-0.05, 0) is 36.4 Å². The van der Waals surface area contributed by atoms with E-state index in [1.165, 1.54) is 11.7 Å². The minimum absolute atomic E-state index is 0.131. The van der Waals surface area contributed by atoms with Crippen LogP contribution in [0, 0.1) is 0 Å². The van der Waals surface area contributed by atoms with Crippen molar-refractivity contribution in [1.29, 1.82) is 0 Å². The molecule has 0 N–H and O–H groups in total. The molecule has 0 bridgehead atoms. The summed E-state index contributed by atoms with van der Waals surface area (Å²) < 4.78 is 14.2. The van der Waals surface area contributed by atoms with Crippen molar-refractivity contribution in [2.24, 2.45) is 0 Å². The van der Waals surface area contributed by atoms with Gasteiger partial charge in [-0.15, -0.1) is 0 Å². The summed E-state index contributed by atoms with van der Waals surface area (Å²) in [4.78, 5) is 31.0. The van der Waals surface area contributed by atoms with Crippen molar-refractivity contribution in [3.05, 3.63) is 79.4 Å². The molecule has 0 radical (unpaired) electrons. The number of nitrogens with zero attached hydrogens (tertiary/aromatic N) is 4. The lowest BCUT2D eigenvalue weighted by atomic mass is 10.2. The van der Waals surface area contributed by atoms with E-state index in [0.29, 0.717) is 27.1 Å². The molecule has 2 aromatic heterocycles. The SMILES string of the molecule is COPn1c(=O)c2c(nc(-c3ccccc3Cl)n2-c2ccc(Cl)cc2)n(COP)c1=O. The number of aromatic nitrogens is 4. The lowest BCUT2D eigenvalue weighted by Gasteiger charge is -2.12. The Morgan fingerprint density at radius 3 is 2.45 bits per heavy atom. The van der Waals surface area contributed by atoms with Crippen molar-refractivity contribution < 1.29 is 9.05 Å². The van der Waals surface area contributed by atoms with Gasteiger partial charge in [-0.1, -0.05) is 35.3 Å². The van der Waals surface area contributed by atoms with Crippen LogP contribution in [0.5, 0.6) is 0 Å². The number of rotatable bonds is 6. The van der Waals surface area contributed by atoms with Crippen LogP contribution >= 0.6 is 41.6 Å². The molecule has 0 aliphatic carbocycles. The molecule has 0 spiro atoms. The van der Waals surface area contributed by atoms with Crippen molar-refractivity contribution in [3.63, 3.8) is 0 Å². The molecule has 0 aliphatic rings. The zero-order chi connectivity index (χ0) is 22.1. The highest BCUT2D eigenvalue weighted by Gasteiger charge is 2.24. The zero-order valence-corrected chi connectivity index (χ0v) is 19.7. The van der Waals surface area contributed by atoms with Gasteiger partial charge in [0.1, 0.15) is 21.5 Å². The summed E-state index contributed by atoms with van der Waals surface area (Å²) in [6.07, 6.45) is 0. The Balaban J connectivity index is 2.21. The predicted molar refractivity (Wildman–Crippen MR) is 127 cm³/mol. The fourth-order valence-corrected chi connectivity index (χ4v) is 4.29. The lowest BCUT2D eigenvalue weighted by Crippen LogP contribution is -2.37. The van der Waals surface area contributed by atoms with Crippen LogP contribution in [0.2, 0.25) is 10.0 Å². The Bertz CT molecular complexity index is 1380. The zero-order valence-electron chi connectivity index (χ0n) is 16.1. The van der Waals surface area contributed by atoms with Gasteiger partial charge in [0.05, 0.1) is 5.02 Å². The Morgan fingerprint density at radius 2 is 1.81 bits per heavy atom. The van der Waals surface area contributed by atoms with Gasteiger partial charge in [0.25, 0.3) is 5.56 Å². The highest BCUT2D eigenvalue weighted by Crippen LogP contribution is 2.32. The third-order valence-corrected chi connectivity index (χ3v) is 6.02. The summed E-state index contributed by atoms with van der Waals surface area (Å²) in [5.74, 6) is 0.399. The summed E-state index contributed by atoms with van der Waals surface area (Å²) >= 11 is 12.5. The second kappa shape index (κ2) is 9.21. The molecular formula is C19H16Cl2N4O4P2. The molecule has 2 atom stereocenters. The maximum Gasteiger partial charge on any atom is 0.339 e. The number of fused-ring (bicyclic) bond motifs is 1. The van der Waals surface area contributed by atoms with E-state index in [1.54, 1.807) is 47.0 Å². The third-order valence-electron chi connectivity index (χ3n) is 4.53. The summed E-state index contributed by atoms with van der Waals surface area (Å²) in [5, 5.41) is 0.988. The fourth-order valence-electron chi connectivity index (χ4n) is 3.22. The van der Waals surface area contributed by atoms with E-state index >= 15 is 0 Å². The molecule has 0 saturated carbocycles. The fraction of sp³-hybridized carbons (Fsp3) is 0.105. The van der Waals surface area contributed by atoms with Crippen LogP contribution in [0.1, 0.15) is 0 Å². The molecule has 2 heterocycles. The number of halogens is 2. The van der Waals surface area contributed by atoms with E-state index in [1.807, 2.05) is 6.07 Å². The molecule has 12 heteroatoms. The standard InChI is InChI=1S/C19H16Cl2N4O4P2/c1-28-31-25-18(26)15-17(23(10-29-30)19(25)27)22-16(13-4-2-3-5-14(13)21)24(15)12-8-6-11(20)7-9-12/h2-9,31H,10,30H2,1H3. The van der Waals surface area contributed by atoms with E-state index in [9.17, 15) is 9.59 Å². The van der Waals surface area contributed by atoms with Crippen molar-refractivity contribution in [2.75, 3.05) is 7.11 Å². The van der Waals surface area contributed by atoms with Crippen LogP contribution in [0.4, 0.5) is 0 Å². The van der Waals surface area contributed by atoms with Crippen LogP contribution in [0.15, 0.2) is 58.1 Å². The van der Waals surface area contributed by atoms with Gasteiger partial charge >= 0.3 is 5.69 Å². The van der Waals surface area contributed by atoms with Crippen molar-refractivity contribution in [2.45, 2.75) is 6.73 Å². The average Bonchev–Trinajstić information content (AvgIpc) is 3.15. The quantitative estimate of drug-likeness (QED) is 0.375. The molecule has 0 aliphatic heterocycles. The van der Waals surface area contributed by atoms with Gasteiger partial charge in [-0.25, -0.2) is 14.1 Å². The number of benzene rings is 2. The summed E-state index contributed by atoms with van der Waals surface area (Å²) in [6.45, 7) is -0.131. The lowest BCUT2D eigenvalue weighted by molar-refractivity contribution is 0.275. The van der Waals surface area contributed by atoms with E-state index in [4.69, 9.17) is 32.2 Å². The Hall–Kier alpha value is -2.05. The molecule has 31 heavy (non-hydrogen) atoms. The van der Waals surface area contributed by atoms with Gasteiger partial charge in [0, 0.05) is 32.9 Å². The molecule has 2 aromatic carbocycles. The second-order valence-electron chi connectivity index (χ2n) is 6.34. The topological polar surface area (TPSA) is 80.3 Å². The first-order chi connectivity index (χ1) is 15.0. The van der Waals surface area contributed by atoms with Gasteiger partial charge in [-0.2, -0.15) is 0 Å². The minimum atomic E-state index is -0.591. The Morgan fingerprint density at radius 1 is 1.10 bits per heavy atom. The summed E-state index contributed by atoms with van der Waals surface area (Å²) in [7, 11) is 3.00. The maximum atomic E-state index is 13.4. The first-order valence-electron chi connectivity index (χ1n) is 8.87. The highest BCUT2D eigenvalue weighted by molar-refractivity contribution is 7.30. The average molecular weight is 497 g/mol. The second-order valence-corrected chi connectivity index (χ2v) is 8.56. The molecular weight excluding hydrogens is 481 g/mol. The van der Waals surface area contributed by atoms with Gasteiger partial charge < -0.3 is 9.05 Å². The van der Waals surface area contributed by atoms with Gasteiger partial charge in [-0.3, -0.25) is 13.9 Å². The van der Waals surface area contributed by atoms with E-state index < -0.39 is 20.2 Å². The molecule has 0 amide bonds. The van der Waals surface area contributed by atoms with E-state index in [0.717, 1.165) is 4.34 Å². The number of imidazole rings is 1. The monoisotopic (exact) mass is 496 g/mol. The van der Waals surface area contributed by atoms with Crippen LogP contribution in [-0.2, 0) is 15.8 Å². The third kappa shape index (κ3) is 3.96. The van der Waals surface area contributed by atoms with E-state index in [-0.39, 0.29) is 17.9 Å². The minimum Gasteiger partial charge on any atom is -0.344 e. The molecule has 160 valence electrons. The Kier molecular flexibility index (Phi) is 6.58. The summed E-state index contributed by atoms with van der Waals surface area (Å²) in [6, 6.07) is 14.1. The largest absolute Gasteiger partial charge is 0.344 e. The maximum absolute atomic E-state index is 13.4. The number of hydrogen-bond acceptors (Lipinski definition) is 5. The highest BCUT2D eigenvalue weighted by atomic mass is 35.5. The van der Waals surface area contributed by atoms with E-state index in [2.05, 4.69) is 14.5 Å². The molecule has 0 fully saturated rings. The molecule has 4 aromatic rings. The first-order valence-corrected chi connectivity index (χ1v) is 11.0. The number of hydrogen-bond donors (Lipinski definition) is 0. The summed E-state index contributed by atoms with van der Waals surface area (Å²) in [5.41, 5.74) is 0.444. The molecule has 0 saturated heterocycles. The van der Waals surface area contributed by atoms with Crippen molar-refractivity contribution in [3.8, 4) is 17.1 Å². The normalized spacial score (nSPS) is 11.7. The van der Waals surface area contributed by atoms with Crippen molar-refractivity contribution in [1.82, 2.24) is 18.5 Å². The predicted octanol–water partition coefficient (Wildman–Crippen LogP) is 4.09. The molecule has 2 unspecified atom stereocenters. The first kappa shape index (κ1) is 22.2.